The van der Waals surface area contributed by atoms with Gasteiger partial charge in [0.15, 0.2) is 0 Å². The third-order valence-electron chi connectivity index (χ3n) is 4.02. The maximum Gasteiger partial charge on any atom is 0.274 e. The zero-order valence-electron chi connectivity index (χ0n) is 14.5. The minimum absolute atomic E-state index is 0.261. The lowest BCUT2D eigenvalue weighted by molar-refractivity contribution is 0.102. The van der Waals surface area contributed by atoms with Crippen molar-refractivity contribution in [2.75, 3.05) is 10.6 Å². The first-order valence-corrected chi connectivity index (χ1v) is 8.07. The van der Waals surface area contributed by atoms with Crippen LogP contribution >= 0.6 is 0 Å². The number of aromatic nitrogens is 2. The molecule has 5 nitrogen and oxygen atoms in total. The molecule has 0 aliphatic carbocycles. The number of anilines is 3. The number of rotatable bonds is 4. The largest absolute Gasteiger partial charge is 0.324 e. The van der Waals surface area contributed by atoms with Gasteiger partial charge in [-0.25, -0.2) is 9.97 Å². The molecule has 3 aromatic rings. The summed E-state index contributed by atoms with van der Waals surface area (Å²) in [6.07, 6.45) is 1.57. The quantitative estimate of drug-likeness (QED) is 0.743. The molecule has 1 aromatic heterocycles. The normalized spacial score (nSPS) is 10.4. The van der Waals surface area contributed by atoms with Crippen molar-refractivity contribution in [3.8, 4) is 0 Å². The molecule has 126 valence electrons. The highest BCUT2D eigenvalue weighted by molar-refractivity contribution is 6.03. The Morgan fingerprint density at radius 1 is 1.00 bits per heavy atom. The molecule has 0 atom stereocenters. The molecule has 0 aliphatic rings. The minimum atomic E-state index is -0.261. The number of hydrogen-bond donors (Lipinski definition) is 2. The molecule has 5 heteroatoms. The molecule has 0 fully saturated rings. The third-order valence-corrected chi connectivity index (χ3v) is 4.02. The van der Waals surface area contributed by atoms with E-state index in [1.165, 1.54) is 0 Å². The van der Waals surface area contributed by atoms with Crippen molar-refractivity contribution in [1.82, 2.24) is 9.97 Å². The Bertz CT molecular complexity index is 921. The van der Waals surface area contributed by atoms with Crippen LogP contribution in [0.4, 0.5) is 17.3 Å². The number of nitrogens with zero attached hydrogens (tertiary/aromatic N) is 2. The maximum absolute atomic E-state index is 12.5. The van der Waals surface area contributed by atoms with E-state index in [0.717, 1.165) is 28.1 Å². The van der Waals surface area contributed by atoms with Crippen molar-refractivity contribution in [1.29, 1.82) is 0 Å². The lowest BCUT2D eigenvalue weighted by atomic mass is 10.1. The van der Waals surface area contributed by atoms with Crippen molar-refractivity contribution < 1.29 is 4.79 Å². The summed E-state index contributed by atoms with van der Waals surface area (Å²) in [5, 5.41) is 6.03. The summed E-state index contributed by atoms with van der Waals surface area (Å²) < 4.78 is 0. The van der Waals surface area contributed by atoms with Crippen molar-refractivity contribution in [2.45, 2.75) is 20.8 Å². The molecular formula is C20H20N4O. The summed E-state index contributed by atoms with van der Waals surface area (Å²) in [6, 6.07) is 15.3. The summed E-state index contributed by atoms with van der Waals surface area (Å²) in [6.45, 7) is 6.01. The van der Waals surface area contributed by atoms with Crippen LogP contribution in [0.2, 0.25) is 0 Å². The molecule has 2 aromatic carbocycles. The van der Waals surface area contributed by atoms with Crippen LogP contribution in [0.3, 0.4) is 0 Å². The van der Waals surface area contributed by atoms with Gasteiger partial charge in [0, 0.05) is 17.6 Å². The number of benzene rings is 2. The second-order valence-electron chi connectivity index (χ2n) is 5.96. The summed E-state index contributed by atoms with van der Waals surface area (Å²) in [4.78, 5) is 21.0. The van der Waals surface area contributed by atoms with Gasteiger partial charge in [-0.05, 0) is 61.7 Å². The van der Waals surface area contributed by atoms with Gasteiger partial charge in [-0.1, -0.05) is 24.3 Å². The van der Waals surface area contributed by atoms with E-state index >= 15 is 0 Å². The van der Waals surface area contributed by atoms with E-state index in [-0.39, 0.29) is 5.91 Å². The first kappa shape index (κ1) is 16.6. The minimum Gasteiger partial charge on any atom is -0.324 e. The number of nitrogens with one attached hydrogen (secondary N) is 2. The topological polar surface area (TPSA) is 66.9 Å². The molecule has 3 rings (SSSR count). The lowest BCUT2D eigenvalue weighted by Gasteiger charge is -2.11. The zero-order valence-corrected chi connectivity index (χ0v) is 14.5. The van der Waals surface area contributed by atoms with Gasteiger partial charge in [0.2, 0.25) is 5.95 Å². The van der Waals surface area contributed by atoms with Gasteiger partial charge in [0.25, 0.3) is 5.91 Å². The standard InChI is InChI=1S/C20H20N4O/c1-13-6-4-8-16(12-13)22-20-21-11-10-18(24-20)19(25)23-17-9-5-7-14(2)15(17)3/h4-12H,1-3H3,(H,23,25)(H,21,22,24). The molecule has 0 spiro atoms. The summed E-state index contributed by atoms with van der Waals surface area (Å²) in [5.74, 6) is 0.127. The van der Waals surface area contributed by atoms with Crippen LogP contribution in [0, 0.1) is 20.8 Å². The van der Waals surface area contributed by atoms with Crippen LogP contribution in [0.5, 0.6) is 0 Å². The zero-order chi connectivity index (χ0) is 17.8. The van der Waals surface area contributed by atoms with E-state index in [1.807, 2.05) is 63.2 Å². The first-order valence-electron chi connectivity index (χ1n) is 8.07. The lowest BCUT2D eigenvalue weighted by Crippen LogP contribution is -2.15. The van der Waals surface area contributed by atoms with Crippen molar-refractivity contribution >= 4 is 23.2 Å². The van der Waals surface area contributed by atoms with E-state index in [2.05, 4.69) is 20.6 Å². The van der Waals surface area contributed by atoms with Crippen molar-refractivity contribution in [3.63, 3.8) is 0 Å². The molecule has 0 saturated heterocycles. The predicted octanol–water partition coefficient (Wildman–Crippen LogP) is 4.40. The number of carbonyl (C=O) groups is 1. The SMILES string of the molecule is Cc1cccc(Nc2nccc(C(=O)Nc3cccc(C)c3C)n2)c1. The van der Waals surface area contributed by atoms with Crippen LogP contribution in [0.1, 0.15) is 27.2 Å². The van der Waals surface area contributed by atoms with Gasteiger partial charge in [0.1, 0.15) is 5.69 Å². The highest BCUT2D eigenvalue weighted by Gasteiger charge is 2.11. The number of hydrogen-bond acceptors (Lipinski definition) is 4. The van der Waals surface area contributed by atoms with Gasteiger partial charge in [-0.3, -0.25) is 4.79 Å². The van der Waals surface area contributed by atoms with Gasteiger partial charge in [-0.15, -0.1) is 0 Å². The molecule has 0 aliphatic heterocycles. The number of carbonyl (C=O) groups excluding carboxylic acids is 1. The molecule has 0 unspecified atom stereocenters. The molecule has 2 N–H and O–H groups in total. The van der Waals surface area contributed by atoms with Crippen LogP contribution in [-0.4, -0.2) is 15.9 Å². The Kier molecular flexibility index (Phi) is 4.75. The fourth-order valence-corrected chi connectivity index (χ4v) is 2.47. The van der Waals surface area contributed by atoms with Crippen molar-refractivity contribution in [3.05, 3.63) is 77.1 Å². The Morgan fingerprint density at radius 2 is 1.80 bits per heavy atom. The van der Waals surface area contributed by atoms with Gasteiger partial charge < -0.3 is 10.6 Å². The van der Waals surface area contributed by atoms with Gasteiger partial charge in [-0.2, -0.15) is 0 Å². The highest BCUT2D eigenvalue weighted by atomic mass is 16.1. The molecule has 1 amide bonds. The first-order chi connectivity index (χ1) is 12.0. The van der Waals surface area contributed by atoms with Crippen LogP contribution < -0.4 is 10.6 Å². The van der Waals surface area contributed by atoms with Crippen LogP contribution in [0.15, 0.2) is 54.7 Å². The van der Waals surface area contributed by atoms with Gasteiger partial charge in [0.05, 0.1) is 0 Å². The van der Waals surface area contributed by atoms with E-state index < -0.39 is 0 Å². The Labute approximate surface area is 147 Å². The molecule has 0 bridgehead atoms. The maximum atomic E-state index is 12.5. The van der Waals surface area contributed by atoms with Gasteiger partial charge >= 0.3 is 0 Å². The van der Waals surface area contributed by atoms with E-state index in [9.17, 15) is 4.79 Å². The smallest absolute Gasteiger partial charge is 0.274 e. The number of aryl methyl sites for hydroxylation is 2. The van der Waals surface area contributed by atoms with Crippen LogP contribution in [-0.2, 0) is 0 Å². The van der Waals surface area contributed by atoms with E-state index in [0.29, 0.717) is 11.6 Å². The molecular weight excluding hydrogens is 312 g/mol. The summed E-state index contributed by atoms with van der Waals surface area (Å²) >= 11 is 0. The predicted molar refractivity (Wildman–Crippen MR) is 100 cm³/mol. The fraction of sp³-hybridized carbons (Fsp3) is 0.150. The third kappa shape index (κ3) is 4.01. The summed E-state index contributed by atoms with van der Waals surface area (Å²) in [7, 11) is 0. The highest BCUT2D eigenvalue weighted by Crippen LogP contribution is 2.19. The average molecular weight is 332 g/mol. The average Bonchev–Trinajstić information content (AvgIpc) is 2.59. The monoisotopic (exact) mass is 332 g/mol. The Hall–Kier alpha value is -3.21. The number of amides is 1. The van der Waals surface area contributed by atoms with Crippen LogP contribution in [0.25, 0.3) is 0 Å². The molecule has 1 heterocycles. The van der Waals surface area contributed by atoms with E-state index in [1.54, 1.807) is 12.3 Å². The second kappa shape index (κ2) is 7.13. The Morgan fingerprint density at radius 3 is 2.60 bits per heavy atom. The Balaban J connectivity index is 1.78. The van der Waals surface area contributed by atoms with Crippen molar-refractivity contribution in [2.24, 2.45) is 0 Å². The second-order valence-corrected chi connectivity index (χ2v) is 5.96. The van der Waals surface area contributed by atoms with E-state index in [4.69, 9.17) is 0 Å². The fourth-order valence-electron chi connectivity index (χ4n) is 2.47. The molecule has 0 radical (unpaired) electrons. The molecule has 0 saturated carbocycles. The molecule has 25 heavy (non-hydrogen) atoms. The summed E-state index contributed by atoms with van der Waals surface area (Å²) in [5.41, 5.74) is 5.29.